The molecule has 1 unspecified atom stereocenters. The van der Waals surface area contributed by atoms with Gasteiger partial charge >= 0.3 is 51.4 Å². The van der Waals surface area contributed by atoms with E-state index in [1.807, 2.05) is 0 Å². The summed E-state index contributed by atoms with van der Waals surface area (Å²) in [6.07, 6.45) is 0. The number of rotatable bonds is 1. The van der Waals surface area contributed by atoms with Crippen LogP contribution in [0.5, 0.6) is 0 Å². The molecule has 0 amide bonds. The van der Waals surface area contributed by atoms with Crippen molar-refractivity contribution >= 4 is 23.2 Å². The Morgan fingerprint density at radius 3 is 2.27 bits per heavy atom. The number of aliphatic hydroxyl groups excluding tert-OH is 1. The van der Waals surface area contributed by atoms with Crippen molar-refractivity contribution in [2.75, 3.05) is 0 Å². The van der Waals surface area contributed by atoms with Gasteiger partial charge in [0.15, 0.2) is 5.56 Å². The normalized spacial score (nSPS) is 11.9. The second-order valence-electron chi connectivity index (χ2n) is 1.86. The molecule has 0 aliphatic heterocycles. The summed E-state index contributed by atoms with van der Waals surface area (Å²) in [7, 11) is 0. The minimum atomic E-state index is -1.01. The molecule has 1 N–H and O–H groups in total. The van der Waals surface area contributed by atoms with Crippen molar-refractivity contribution in [3.05, 3.63) is 34.9 Å². The molecule has 11 heavy (non-hydrogen) atoms. The largest absolute Gasteiger partial charge is 1.00 e. The maximum absolute atomic E-state index is 8.89. The maximum atomic E-state index is 8.89. The number of alkyl halides is 1. The van der Waals surface area contributed by atoms with E-state index < -0.39 is 5.56 Å². The van der Waals surface area contributed by atoms with E-state index in [1.54, 1.807) is 24.3 Å². The SMILES string of the molecule is OC(Cl)c1ccccc1Cl.[H-].[K+]. The Morgan fingerprint density at radius 1 is 1.36 bits per heavy atom. The molecule has 0 spiro atoms. The fourth-order valence-electron chi connectivity index (χ4n) is 0.668. The van der Waals surface area contributed by atoms with E-state index in [2.05, 4.69) is 0 Å². The third kappa shape index (κ3) is 3.74. The van der Waals surface area contributed by atoms with Gasteiger partial charge in [-0.3, -0.25) is 0 Å². The molecule has 56 valence electrons. The number of hydrogen-bond acceptors (Lipinski definition) is 1. The van der Waals surface area contributed by atoms with Gasteiger partial charge < -0.3 is 6.53 Å². The van der Waals surface area contributed by atoms with Crippen LogP contribution in [0, 0.1) is 0 Å². The Hall–Kier alpha value is 1.40. The van der Waals surface area contributed by atoms with Crippen LogP contribution >= 0.6 is 23.2 Å². The van der Waals surface area contributed by atoms with Crippen LogP contribution in [0.1, 0.15) is 12.6 Å². The van der Waals surface area contributed by atoms with Crippen molar-refractivity contribution in [2.45, 2.75) is 5.56 Å². The van der Waals surface area contributed by atoms with Gasteiger partial charge in [-0.05, 0) is 6.07 Å². The van der Waals surface area contributed by atoms with Gasteiger partial charge in [-0.15, -0.1) is 0 Å². The number of benzene rings is 1. The van der Waals surface area contributed by atoms with E-state index in [4.69, 9.17) is 28.3 Å². The summed E-state index contributed by atoms with van der Waals surface area (Å²) in [4.78, 5) is 0. The van der Waals surface area contributed by atoms with Gasteiger partial charge in [0, 0.05) is 10.6 Å². The first-order chi connectivity index (χ1) is 4.72. The minimum absolute atomic E-state index is 0. The molecule has 1 aromatic rings. The van der Waals surface area contributed by atoms with Gasteiger partial charge in [0.25, 0.3) is 0 Å². The summed E-state index contributed by atoms with van der Waals surface area (Å²) in [5.41, 5.74) is -0.459. The van der Waals surface area contributed by atoms with Gasteiger partial charge in [0.1, 0.15) is 0 Å². The smallest absolute Gasteiger partial charge is 1.00 e. The van der Waals surface area contributed by atoms with Crippen LogP contribution in [0.25, 0.3) is 0 Å². The quantitative estimate of drug-likeness (QED) is 0.505. The van der Waals surface area contributed by atoms with Crippen molar-refractivity contribution in [3.63, 3.8) is 0 Å². The van der Waals surface area contributed by atoms with Gasteiger partial charge in [-0.2, -0.15) is 0 Å². The first kappa shape index (κ1) is 12.4. The molecule has 1 atom stereocenters. The summed E-state index contributed by atoms with van der Waals surface area (Å²) in [5, 5.41) is 9.38. The zero-order valence-electron chi connectivity index (χ0n) is 7.09. The first-order valence-corrected chi connectivity index (χ1v) is 3.60. The Labute approximate surface area is 120 Å². The molecule has 1 nitrogen and oxygen atoms in total. The molecule has 0 radical (unpaired) electrons. The number of halogens is 2. The number of aliphatic hydroxyl groups is 1. The van der Waals surface area contributed by atoms with Gasteiger partial charge in [-0.25, -0.2) is 0 Å². The van der Waals surface area contributed by atoms with Crippen molar-refractivity contribution in [1.29, 1.82) is 0 Å². The Balaban J connectivity index is 0. The second kappa shape index (κ2) is 5.94. The molecule has 0 heterocycles. The Morgan fingerprint density at radius 2 is 1.91 bits per heavy atom. The van der Waals surface area contributed by atoms with Crippen LogP contribution < -0.4 is 51.4 Å². The summed E-state index contributed by atoms with van der Waals surface area (Å²) in [6, 6.07) is 6.92. The summed E-state index contributed by atoms with van der Waals surface area (Å²) < 4.78 is 0. The van der Waals surface area contributed by atoms with Crippen molar-refractivity contribution < 1.29 is 57.9 Å². The summed E-state index contributed by atoms with van der Waals surface area (Å²) in [5.74, 6) is 0. The van der Waals surface area contributed by atoms with Crippen LogP contribution in [0.4, 0.5) is 0 Å². The average Bonchev–Trinajstić information content (AvgIpc) is 1.88. The second-order valence-corrected chi connectivity index (χ2v) is 2.68. The maximum Gasteiger partial charge on any atom is 1.00 e. The van der Waals surface area contributed by atoms with Gasteiger partial charge in [0.2, 0.25) is 0 Å². The molecule has 0 aliphatic carbocycles. The fourth-order valence-corrected chi connectivity index (χ4v) is 1.15. The minimum Gasteiger partial charge on any atom is -1.00 e. The van der Waals surface area contributed by atoms with E-state index in [0.717, 1.165) is 0 Å². The summed E-state index contributed by atoms with van der Waals surface area (Å²) in [6.45, 7) is 0. The molecule has 1 aromatic carbocycles. The standard InChI is InChI=1S/C7H6Cl2O.K.H/c8-6-4-2-1-3-5(6)7(9)10;;/h1-4,7,10H;;/q;+1;-1. The van der Waals surface area contributed by atoms with E-state index in [9.17, 15) is 0 Å². The first-order valence-electron chi connectivity index (χ1n) is 2.78. The Bertz CT molecular complexity index is 232. The topological polar surface area (TPSA) is 20.2 Å². The van der Waals surface area contributed by atoms with E-state index >= 15 is 0 Å². The van der Waals surface area contributed by atoms with Crippen LogP contribution in [0.3, 0.4) is 0 Å². The van der Waals surface area contributed by atoms with E-state index in [-0.39, 0.29) is 52.8 Å². The van der Waals surface area contributed by atoms with Crippen molar-refractivity contribution in [2.24, 2.45) is 0 Å². The molecule has 0 bridgehead atoms. The summed E-state index contributed by atoms with van der Waals surface area (Å²) >= 11 is 11.1. The predicted octanol–water partition coefficient (Wildman–Crippen LogP) is -0.314. The van der Waals surface area contributed by atoms with E-state index in [1.165, 1.54) is 0 Å². The molecule has 4 heteroatoms. The third-order valence-electron chi connectivity index (χ3n) is 1.16. The molecule has 0 fully saturated rings. The molecule has 0 aromatic heterocycles. The molecule has 1 rings (SSSR count). The molecular formula is C7H7Cl2KO. The molecular weight excluding hydrogens is 210 g/mol. The van der Waals surface area contributed by atoms with Crippen LogP contribution in [0.15, 0.2) is 24.3 Å². The number of hydrogen-bond donors (Lipinski definition) is 1. The Kier molecular flexibility index (Phi) is 6.70. The van der Waals surface area contributed by atoms with Crippen LogP contribution in [0.2, 0.25) is 5.02 Å². The predicted molar refractivity (Wildman–Crippen MR) is 43.4 cm³/mol. The molecule has 0 saturated carbocycles. The van der Waals surface area contributed by atoms with Crippen LogP contribution in [-0.4, -0.2) is 5.11 Å². The van der Waals surface area contributed by atoms with E-state index in [0.29, 0.717) is 10.6 Å². The van der Waals surface area contributed by atoms with Gasteiger partial charge in [-0.1, -0.05) is 41.4 Å². The average molecular weight is 217 g/mol. The van der Waals surface area contributed by atoms with Crippen molar-refractivity contribution in [1.82, 2.24) is 0 Å². The fraction of sp³-hybridized carbons (Fsp3) is 0.143. The molecule has 0 saturated heterocycles. The third-order valence-corrected chi connectivity index (χ3v) is 1.74. The zero-order valence-corrected chi connectivity index (χ0v) is 10.7. The van der Waals surface area contributed by atoms with Gasteiger partial charge in [0.05, 0.1) is 0 Å². The van der Waals surface area contributed by atoms with Crippen LogP contribution in [-0.2, 0) is 0 Å². The monoisotopic (exact) mass is 216 g/mol. The van der Waals surface area contributed by atoms with Crippen molar-refractivity contribution in [3.8, 4) is 0 Å². The molecule has 0 aliphatic rings. The zero-order chi connectivity index (χ0) is 7.56.